The predicted molar refractivity (Wildman–Crippen MR) is 123 cm³/mol. The van der Waals surface area contributed by atoms with Crippen LogP contribution in [0.5, 0.6) is 5.75 Å². The molecule has 0 aliphatic carbocycles. The summed E-state index contributed by atoms with van der Waals surface area (Å²) in [5.41, 5.74) is 0.904. The number of phenolic OH excluding ortho intramolecular Hbond substituents is 1. The van der Waals surface area contributed by atoms with Crippen molar-refractivity contribution in [2.24, 2.45) is 0 Å². The van der Waals surface area contributed by atoms with E-state index >= 15 is 0 Å². The van der Waals surface area contributed by atoms with Gasteiger partial charge < -0.3 is 10.2 Å². The SMILES string of the molecule is CCCCC/C=C\CC[C@H](O)CCCCCCCc1nc(-c2ccc(O)cc2)n[nH]1. The lowest BCUT2D eigenvalue weighted by Crippen LogP contribution is -2.05. The summed E-state index contributed by atoms with van der Waals surface area (Å²) in [7, 11) is 0. The van der Waals surface area contributed by atoms with E-state index in [0.29, 0.717) is 5.82 Å². The number of aromatic amines is 1. The maximum absolute atomic E-state index is 10.1. The maximum atomic E-state index is 10.1. The number of aromatic nitrogens is 3. The zero-order valence-corrected chi connectivity index (χ0v) is 18.5. The largest absolute Gasteiger partial charge is 0.508 e. The first-order chi connectivity index (χ1) is 14.7. The predicted octanol–water partition coefficient (Wildman–Crippen LogP) is 6.34. The van der Waals surface area contributed by atoms with E-state index in [1.807, 2.05) is 12.1 Å². The average Bonchev–Trinajstić information content (AvgIpc) is 3.22. The summed E-state index contributed by atoms with van der Waals surface area (Å²) in [6.45, 7) is 2.23. The van der Waals surface area contributed by atoms with Crippen molar-refractivity contribution in [3.63, 3.8) is 0 Å². The Hall–Kier alpha value is -2.14. The van der Waals surface area contributed by atoms with Crippen LogP contribution in [0.25, 0.3) is 11.4 Å². The van der Waals surface area contributed by atoms with E-state index in [9.17, 15) is 10.2 Å². The van der Waals surface area contributed by atoms with E-state index in [1.165, 1.54) is 44.9 Å². The average molecular weight is 414 g/mol. The van der Waals surface area contributed by atoms with Gasteiger partial charge in [0.25, 0.3) is 0 Å². The van der Waals surface area contributed by atoms with Crippen LogP contribution in [0.1, 0.15) is 89.8 Å². The molecule has 3 N–H and O–H groups in total. The van der Waals surface area contributed by atoms with Crippen molar-refractivity contribution in [2.75, 3.05) is 0 Å². The number of rotatable bonds is 16. The normalized spacial score (nSPS) is 12.6. The Bertz CT molecular complexity index is 709. The monoisotopic (exact) mass is 413 g/mol. The first kappa shape index (κ1) is 24.1. The van der Waals surface area contributed by atoms with Crippen LogP contribution in [-0.4, -0.2) is 31.5 Å². The molecule has 30 heavy (non-hydrogen) atoms. The molecular weight excluding hydrogens is 374 g/mol. The van der Waals surface area contributed by atoms with Crippen LogP contribution in [-0.2, 0) is 6.42 Å². The first-order valence-corrected chi connectivity index (χ1v) is 11.7. The van der Waals surface area contributed by atoms with E-state index in [1.54, 1.807) is 12.1 Å². The van der Waals surface area contributed by atoms with Crippen molar-refractivity contribution >= 4 is 0 Å². The van der Waals surface area contributed by atoms with Crippen molar-refractivity contribution in [3.8, 4) is 17.1 Å². The van der Waals surface area contributed by atoms with Crippen LogP contribution in [0, 0.1) is 0 Å². The van der Waals surface area contributed by atoms with Crippen LogP contribution >= 0.6 is 0 Å². The lowest BCUT2D eigenvalue weighted by atomic mass is 10.0. The highest BCUT2D eigenvalue weighted by molar-refractivity contribution is 5.55. The number of nitrogens with zero attached hydrogens (tertiary/aromatic N) is 2. The van der Waals surface area contributed by atoms with E-state index in [0.717, 1.165) is 49.9 Å². The molecule has 1 heterocycles. The highest BCUT2D eigenvalue weighted by Crippen LogP contribution is 2.19. The Morgan fingerprint density at radius 2 is 1.63 bits per heavy atom. The number of nitrogens with one attached hydrogen (secondary N) is 1. The quantitative estimate of drug-likeness (QED) is 0.221. The second kappa shape index (κ2) is 14.8. The zero-order chi connectivity index (χ0) is 21.4. The Kier molecular flexibility index (Phi) is 11.9. The first-order valence-electron chi connectivity index (χ1n) is 11.7. The molecule has 0 spiro atoms. The minimum absolute atomic E-state index is 0.155. The number of aryl methyl sites for hydroxylation is 1. The van der Waals surface area contributed by atoms with Gasteiger partial charge in [0, 0.05) is 12.0 Å². The minimum Gasteiger partial charge on any atom is -0.508 e. The third-order valence-electron chi connectivity index (χ3n) is 5.42. The van der Waals surface area contributed by atoms with Gasteiger partial charge in [-0.3, -0.25) is 5.10 Å². The summed E-state index contributed by atoms with van der Waals surface area (Å²) in [6.07, 6.45) is 18.8. The number of aliphatic hydroxyl groups excluding tert-OH is 1. The number of H-pyrrole nitrogens is 1. The van der Waals surface area contributed by atoms with E-state index in [-0.39, 0.29) is 11.9 Å². The highest BCUT2D eigenvalue weighted by atomic mass is 16.3. The molecule has 5 nitrogen and oxygen atoms in total. The number of aromatic hydroxyl groups is 1. The van der Waals surface area contributed by atoms with Crippen LogP contribution in [0.2, 0.25) is 0 Å². The summed E-state index contributed by atoms with van der Waals surface area (Å²) in [5.74, 6) is 1.84. The fraction of sp³-hybridized carbons (Fsp3) is 0.600. The van der Waals surface area contributed by atoms with Gasteiger partial charge >= 0.3 is 0 Å². The molecule has 1 aromatic carbocycles. The van der Waals surface area contributed by atoms with Crippen molar-refractivity contribution < 1.29 is 10.2 Å². The Morgan fingerprint density at radius 1 is 0.900 bits per heavy atom. The van der Waals surface area contributed by atoms with Crippen molar-refractivity contribution in [1.29, 1.82) is 0 Å². The number of unbranched alkanes of at least 4 members (excludes halogenated alkanes) is 7. The van der Waals surface area contributed by atoms with E-state index < -0.39 is 0 Å². The van der Waals surface area contributed by atoms with Gasteiger partial charge in [-0.1, -0.05) is 57.6 Å². The molecule has 1 aromatic heterocycles. The van der Waals surface area contributed by atoms with E-state index in [2.05, 4.69) is 34.3 Å². The van der Waals surface area contributed by atoms with Gasteiger partial charge in [0.15, 0.2) is 5.82 Å². The van der Waals surface area contributed by atoms with Gasteiger partial charge in [0.2, 0.25) is 0 Å². The van der Waals surface area contributed by atoms with Crippen LogP contribution in [0.3, 0.4) is 0 Å². The minimum atomic E-state index is -0.155. The van der Waals surface area contributed by atoms with Gasteiger partial charge in [0.1, 0.15) is 11.6 Å². The Morgan fingerprint density at radius 3 is 2.43 bits per heavy atom. The summed E-state index contributed by atoms with van der Waals surface area (Å²) in [5, 5.41) is 26.7. The van der Waals surface area contributed by atoms with E-state index in [4.69, 9.17) is 0 Å². The number of hydrogen-bond donors (Lipinski definition) is 3. The summed E-state index contributed by atoms with van der Waals surface area (Å²) in [6, 6.07) is 6.93. The Balaban J connectivity index is 1.47. The molecule has 0 aliphatic rings. The van der Waals surface area contributed by atoms with Crippen LogP contribution in [0.4, 0.5) is 0 Å². The van der Waals surface area contributed by atoms with Gasteiger partial charge in [-0.15, -0.1) is 0 Å². The third-order valence-corrected chi connectivity index (χ3v) is 5.42. The number of aliphatic hydroxyl groups is 1. The standard InChI is InChI=1S/C25H39N3O2/c1-2-3-4-5-6-8-11-14-22(29)15-12-9-7-10-13-16-24-26-25(28-27-24)21-17-19-23(30)20-18-21/h6,8,17-20,22,29-30H,2-5,7,9-16H2,1H3,(H,26,27,28)/b8-6-/t22-/m0/s1. The molecule has 0 radical (unpaired) electrons. The van der Waals surface area contributed by atoms with Crippen LogP contribution < -0.4 is 0 Å². The van der Waals surface area contributed by atoms with Gasteiger partial charge in [0.05, 0.1) is 6.10 Å². The van der Waals surface area contributed by atoms with Crippen molar-refractivity contribution in [1.82, 2.24) is 15.2 Å². The molecule has 0 bridgehead atoms. The van der Waals surface area contributed by atoms with Gasteiger partial charge in [-0.05, 0) is 62.8 Å². The summed E-state index contributed by atoms with van der Waals surface area (Å²) >= 11 is 0. The zero-order valence-electron chi connectivity index (χ0n) is 18.5. The van der Waals surface area contributed by atoms with Crippen molar-refractivity contribution in [2.45, 2.75) is 96.5 Å². The molecule has 2 aromatic rings. The summed E-state index contributed by atoms with van der Waals surface area (Å²) < 4.78 is 0. The second-order valence-corrected chi connectivity index (χ2v) is 8.16. The number of benzene rings is 1. The Labute approximate surface area is 181 Å². The molecule has 0 saturated carbocycles. The molecule has 0 fully saturated rings. The molecule has 1 atom stereocenters. The molecule has 0 unspecified atom stereocenters. The molecule has 5 heteroatoms. The summed E-state index contributed by atoms with van der Waals surface area (Å²) in [4.78, 5) is 4.54. The highest BCUT2D eigenvalue weighted by Gasteiger charge is 2.06. The van der Waals surface area contributed by atoms with Crippen LogP contribution in [0.15, 0.2) is 36.4 Å². The number of hydrogen-bond acceptors (Lipinski definition) is 4. The van der Waals surface area contributed by atoms with Gasteiger partial charge in [-0.25, -0.2) is 4.98 Å². The molecule has 0 saturated heterocycles. The number of allylic oxidation sites excluding steroid dienone is 2. The number of phenols is 1. The van der Waals surface area contributed by atoms with Gasteiger partial charge in [-0.2, -0.15) is 5.10 Å². The molecule has 0 amide bonds. The topological polar surface area (TPSA) is 82.0 Å². The van der Waals surface area contributed by atoms with Crippen molar-refractivity contribution in [3.05, 3.63) is 42.2 Å². The second-order valence-electron chi connectivity index (χ2n) is 8.16. The molecule has 0 aliphatic heterocycles. The fourth-order valence-electron chi connectivity index (χ4n) is 3.53. The smallest absolute Gasteiger partial charge is 0.181 e. The maximum Gasteiger partial charge on any atom is 0.181 e. The third kappa shape index (κ3) is 10.1. The lowest BCUT2D eigenvalue weighted by Gasteiger charge is -2.08. The molecule has 2 rings (SSSR count). The molecule has 166 valence electrons. The molecular formula is C25H39N3O2. The lowest BCUT2D eigenvalue weighted by molar-refractivity contribution is 0.152. The fourth-order valence-corrected chi connectivity index (χ4v) is 3.53.